The molecule has 1 saturated heterocycles. The number of hydrogen-bond donors (Lipinski definition) is 2. The van der Waals surface area contributed by atoms with E-state index in [4.69, 9.17) is 0 Å². The van der Waals surface area contributed by atoms with E-state index in [1.54, 1.807) is 23.0 Å². The van der Waals surface area contributed by atoms with Crippen LogP contribution in [0, 0.1) is 13.8 Å². The molecule has 3 heterocycles. The van der Waals surface area contributed by atoms with Gasteiger partial charge in [-0.1, -0.05) is 29.3 Å². The van der Waals surface area contributed by atoms with Crippen LogP contribution in [0.5, 0.6) is 0 Å². The second-order valence-electron chi connectivity index (χ2n) is 8.25. The Bertz CT molecular complexity index is 1250. The number of carbonyl (C=O) groups is 1. The van der Waals surface area contributed by atoms with Crippen LogP contribution in [0.25, 0.3) is 16.8 Å². The number of piperazine rings is 1. The van der Waals surface area contributed by atoms with Crippen molar-refractivity contribution in [3.05, 3.63) is 77.7 Å². The van der Waals surface area contributed by atoms with E-state index in [0.717, 1.165) is 43.0 Å². The molecule has 0 spiro atoms. The number of benzene rings is 2. The minimum atomic E-state index is -0.241. The van der Waals surface area contributed by atoms with Crippen LogP contribution in [0.3, 0.4) is 0 Å². The molecule has 0 saturated carbocycles. The van der Waals surface area contributed by atoms with Gasteiger partial charge in [0, 0.05) is 49.3 Å². The molecule has 1 aliphatic heterocycles. The summed E-state index contributed by atoms with van der Waals surface area (Å²) in [5.74, 6) is -0.241. The summed E-state index contributed by atoms with van der Waals surface area (Å²) in [6.45, 7) is 8.11. The Morgan fingerprint density at radius 3 is 2.44 bits per heavy atom. The van der Waals surface area contributed by atoms with Crippen molar-refractivity contribution < 1.29 is 4.79 Å². The highest BCUT2D eigenvalue weighted by Gasteiger charge is 2.15. The number of rotatable bonds is 4. The molecule has 0 bridgehead atoms. The van der Waals surface area contributed by atoms with Gasteiger partial charge in [0.1, 0.15) is 5.69 Å². The highest BCUT2D eigenvalue weighted by Crippen LogP contribution is 2.26. The summed E-state index contributed by atoms with van der Waals surface area (Å²) in [6.07, 6.45) is 3.57. The van der Waals surface area contributed by atoms with E-state index >= 15 is 0 Å². The van der Waals surface area contributed by atoms with Gasteiger partial charge in [0.15, 0.2) is 5.65 Å². The van der Waals surface area contributed by atoms with E-state index in [1.807, 2.05) is 24.3 Å². The molecule has 1 aliphatic rings. The minimum absolute atomic E-state index is 0.241. The van der Waals surface area contributed by atoms with Gasteiger partial charge in [-0.3, -0.25) is 4.79 Å². The number of aromatic nitrogens is 3. The molecule has 162 valence electrons. The number of amides is 1. The smallest absolute Gasteiger partial charge is 0.274 e. The molecule has 1 amide bonds. The van der Waals surface area contributed by atoms with Gasteiger partial charge in [0.2, 0.25) is 0 Å². The molecule has 4 aromatic rings. The zero-order chi connectivity index (χ0) is 22.1. The van der Waals surface area contributed by atoms with E-state index in [0.29, 0.717) is 11.3 Å². The average molecular weight is 427 g/mol. The van der Waals surface area contributed by atoms with E-state index in [-0.39, 0.29) is 5.91 Å². The van der Waals surface area contributed by atoms with Crippen molar-refractivity contribution in [1.82, 2.24) is 19.9 Å². The fourth-order valence-electron chi connectivity index (χ4n) is 4.20. The Hall–Kier alpha value is -3.71. The zero-order valence-electron chi connectivity index (χ0n) is 18.3. The third-order valence-corrected chi connectivity index (χ3v) is 5.74. The van der Waals surface area contributed by atoms with Crippen molar-refractivity contribution in [1.29, 1.82) is 0 Å². The quantitative estimate of drug-likeness (QED) is 0.521. The summed E-state index contributed by atoms with van der Waals surface area (Å²) in [6, 6.07) is 16.0. The van der Waals surface area contributed by atoms with Crippen LogP contribution >= 0.6 is 0 Å². The Morgan fingerprint density at radius 1 is 1.00 bits per heavy atom. The Balaban J connectivity index is 1.38. The molecule has 7 heteroatoms. The number of anilines is 2. The monoisotopic (exact) mass is 426 g/mol. The van der Waals surface area contributed by atoms with Crippen molar-refractivity contribution in [2.75, 3.05) is 36.4 Å². The van der Waals surface area contributed by atoms with Crippen LogP contribution in [0.15, 0.2) is 60.9 Å². The minimum Gasteiger partial charge on any atom is -0.369 e. The molecule has 7 nitrogen and oxygen atoms in total. The SMILES string of the molecule is Cc1cc(C)cc(-c2cnn3ccc(C(=O)Nc4ccc(N5CCNCC5)cc4)nc23)c1. The maximum absolute atomic E-state index is 12.9. The van der Waals surface area contributed by atoms with Gasteiger partial charge in [0.25, 0.3) is 5.91 Å². The third kappa shape index (κ3) is 4.07. The molecule has 0 unspecified atom stereocenters. The molecule has 32 heavy (non-hydrogen) atoms. The zero-order valence-corrected chi connectivity index (χ0v) is 18.3. The number of aryl methyl sites for hydroxylation is 2. The molecule has 0 atom stereocenters. The first-order valence-corrected chi connectivity index (χ1v) is 10.9. The Kier molecular flexibility index (Phi) is 5.33. The number of hydrogen-bond acceptors (Lipinski definition) is 5. The summed E-state index contributed by atoms with van der Waals surface area (Å²) in [4.78, 5) is 19.9. The molecule has 1 fully saturated rings. The standard InChI is InChI=1S/C25H26N6O/c1-17-13-18(2)15-19(14-17)22-16-27-31-10-7-23(29-24(22)31)25(32)28-20-3-5-21(6-4-20)30-11-8-26-9-12-30/h3-7,10,13-16,26H,8-9,11-12H2,1-2H3,(H,28,32). The van der Waals surface area contributed by atoms with Crippen molar-refractivity contribution in [2.45, 2.75) is 13.8 Å². The van der Waals surface area contributed by atoms with Crippen LogP contribution in [0.4, 0.5) is 11.4 Å². The molecule has 2 N–H and O–H groups in total. The summed E-state index contributed by atoms with van der Waals surface area (Å²) >= 11 is 0. The van der Waals surface area contributed by atoms with Crippen LogP contribution in [0.2, 0.25) is 0 Å². The Labute approximate surface area is 187 Å². The predicted octanol–water partition coefficient (Wildman–Crippen LogP) is 3.68. The lowest BCUT2D eigenvalue weighted by atomic mass is 10.0. The highest BCUT2D eigenvalue weighted by atomic mass is 16.1. The summed E-state index contributed by atoms with van der Waals surface area (Å²) in [7, 11) is 0. The molecule has 5 rings (SSSR count). The first kappa shape index (κ1) is 20.2. The fraction of sp³-hybridized carbons (Fsp3) is 0.240. The average Bonchev–Trinajstić information content (AvgIpc) is 3.23. The van der Waals surface area contributed by atoms with Crippen molar-refractivity contribution in [3.8, 4) is 11.1 Å². The van der Waals surface area contributed by atoms with E-state index in [2.05, 4.69) is 57.7 Å². The number of fused-ring (bicyclic) bond motifs is 1. The topological polar surface area (TPSA) is 74.6 Å². The molecule has 0 radical (unpaired) electrons. The molecule has 2 aromatic heterocycles. The Morgan fingerprint density at radius 2 is 1.72 bits per heavy atom. The van der Waals surface area contributed by atoms with E-state index < -0.39 is 0 Å². The van der Waals surface area contributed by atoms with Gasteiger partial charge >= 0.3 is 0 Å². The van der Waals surface area contributed by atoms with Crippen molar-refractivity contribution in [2.24, 2.45) is 0 Å². The number of nitrogens with one attached hydrogen (secondary N) is 2. The van der Waals surface area contributed by atoms with Crippen molar-refractivity contribution >= 4 is 22.9 Å². The van der Waals surface area contributed by atoms with Crippen LogP contribution in [-0.4, -0.2) is 46.7 Å². The summed E-state index contributed by atoms with van der Waals surface area (Å²) < 4.78 is 1.70. The van der Waals surface area contributed by atoms with Crippen LogP contribution in [-0.2, 0) is 0 Å². The van der Waals surface area contributed by atoms with E-state index in [9.17, 15) is 4.79 Å². The number of nitrogens with zero attached hydrogens (tertiary/aromatic N) is 4. The van der Waals surface area contributed by atoms with Gasteiger partial charge in [-0.25, -0.2) is 9.50 Å². The lowest BCUT2D eigenvalue weighted by Crippen LogP contribution is -2.43. The lowest BCUT2D eigenvalue weighted by molar-refractivity contribution is 0.102. The highest BCUT2D eigenvalue weighted by molar-refractivity contribution is 6.03. The summed E-state index contributed by atoms with van der Waals surface area (Å²) in [5.41, 5.74) is 7.25. The third-order valence-electron chi connectivity index (χ3n) is 5.74. The van der Waals surface area contributed by atoms with Gasteiger partial charge in [-0.2, -0.15) is 5.10 Å². The largest absolute Gasteiger partial charge is 0.369 e. The van der Waals surface area contributed by atoms with Gasteiger partial charge in [0.05, 0.1) is 6.20 Å². The van der Waals surface area contributed by atoms with Gasteiger partial charge in [-0.05, 0) is 49.7 Å². The van der Waals surface area contributed by atoms with Crippen molar-refractivity contribution in [3.63, 3.8) is 0 Å². The van der Waals surface area contributed by atoms with E-state index in [1.165, 1.54) is 16.8 Å². The fourth-order valence-corrected chi connectivity index (χ4v) is 4.20. The lowest BCUT2D eigenvalue weighted by Gasteiger charge is -2.29. The number of carbonyl (C=O) groups excluding carboxylic acids is 1. The first-order valence-electron chi connectivity index (χ1n) is 10.9. The van der Waals surface area contributed by atoms with Crippen LogP contribution in [0.1, 0.15) is 21.6 Å². The molecular weight excluding hydrogens is 400 g/mol. The molecule has 0 aliphatic carbocycles. The molecular formula is C25H26N6O. The van der Waals surface area contributed by atoms with Crippen LogP contribution < -0.4 is 15.5 Å². The maximum Gasteiger partial charge on any atom is 0.274 e. The predicted molar refractivity (Wildman–Crippen MR) is 127 cm³/mol. The first-order chi connectivity index (χ1) is 15.6. The summed E-state index contributed by atoms with van der Waals surface area (Å²) in [5, 5.41) is 10.7. The van der Waals surface area contributed by atoms with Gasteiger partial charge in [-0.15, -0.1) is 0 Å². The maximum atomic E-state index is 12.9. The normalized spacial score (nSPS) is 14.0. The van der Waals surface area contributed by atoms with Gasteiger partial charge < -0.3 is 15.5 Å². The second-order valence-corrected chi connectivity index (χ2v) is 8.25. The molecule has 2 aromatic carbocycles. The second kappa shape index (κ2) is 8.43.